The zero-order valence-corrected chi connectivity index (χ0v) is 23.1. The number of rotatable bonds is 16. The molecule has 0 aromatic rings. The van der Waals surface area contributed by atoms with Gasteiger partial charge >= 0.3 is 26.4 Å². The highest BCUT2D eigenvalue weighted by Gasteiger charge is 2.39. The highest BCUT2D eigenvalue weighted by molar-refractivity contribution is 6.61. The Hall–Kier alpha value is 0.171. The summed E-state index contributed by atoms with van der Waals surface area (Å²) < 4.78 is 32.0. The van der Waals surface area contributed by atoms with Crippen molar-refractivity contribution in [1.82, 2.24) is 0 Å². The first kappa shape index (κ1) is 35.8. The molecule has 0 heterocycles. The molecule has 0 unspecified atom stereocenters. The van der Waals surface area contributed by atoms with Gasteiger partial charge < -0.3 is 58.1 Å². The Morgan fingerprint density at radius 3 is 1.10 bits per heavy atom. The molecule has 0 rings (SSSR count). The minimum Gasteiger partial charge on any atom is -0.390 e. The maximum Gasteiger partial charge on any atom is 0.502 e. The minimum atomic E-state index is -3.76. The SMILES string of the molecule is CCO[Si](CCN)(OCC)OCC.CO[Si](CCN)(OC)OC.NCCC[Si](O)(O)O. The van der Waals surface area contributed by atoms with Crippen molar-refractivity contribution in [2.45, 2.75) is 45.3 Å². The lowest BCUT2D eigenvalue weighted by Crippen LogP contribution is -2.47. The van der Waals surface area contributed by atoms with Crippen molar-refractivity contribution in [2.24, 2.45) is 17.2 Å². The largest absolute Gasteiger partial charge is 0.502 e. The molecule has 0 aliphatic rings. The van der Waals surface area contributed by atoms with Gasteiger partial charge in [0, 0.05) is 59.3 Å². The van der Waals surface area contributed by atoms with Crippen LogP contribution in [0.5, 0.6) is 0 Å². The summed E-state index contributed by atoms with van der Waals surface area (Å²) >= 11 is 0. The molecule has 0 saturated carbocycles. The predicted molar refractivity (Wildman–Crippen MR) is 126 cm³/mol. The molecule has 31 heavy (non-hydrogen) atoms. The van der Waals surface area contributed by atoms with Crippen molar-refractivity contribution in [3.05, 3.63) is 0 Å². The molecule has 12 nitrogen and oxygen atoms in total. The molecule has 0 aliphatic heterocycles. The fourth-order valence-electron chi connectivity index (χ4n) is 2.25. The first-order valence-electron chi connectivity index (χ1n) is 10.4. The van der Waals surface area contributed by atoms with Crippen LogP contribution in [-0.2, 0) is 26.6 Å². The Morgan fingerprint density at radius 1 is 0.581 bits per heavy atom. The van der Waals surface area contributed by atoms with E-state index in [1.54, 1.807) is 21.3 Å². The number of hydrogen-bond acceptors (Lipinski definition) is 12. The van der Waals surface area contributed by atoms with Gasteiger partial charge in [0.2, 0.25) is 0 Å². The van der Waals surface area contributed by atoms with E-state index in [0.29, 0.717) is 58.0 Å². The van der Waals surface area contributed by atoms with Crippen LogP contribution in [0.3, 0.4) is 0 Å². The number of nitrogens with two attached hydrogens (primary N) is 3. The van der Waals surface area contributed by atoms with Crippen molar-refractivity contribution in [1.29, 1.82) is 0 Å². The van der Waals surface area contributed by atoms with E-state index in [1.807, 2.05) is 20.8 Å². The third-order valence-corrected chi connectivity index (χ3v) is 10.5. The van der Waals surface area contributed by atoms with Crippen molar-refractivity contribution < 1.29 is 40.9 Å². The molecule has 0 amide bonds. The molecule has 0 bridgehead atoms. The van der Waals surface area contributed by atoms with Gasteiger partial charge in [-0.1, -0.05) is 0 Å². The molecular formula is C16H47N3O9Si3. The molecule has 0 aromatic heterocycles. The van der Waals surface area contributed by atoms with Crippen LogP contribution in [-0.4, -0.2) is 102 Å². The summed E-state index contributed by atoms with van der Waals surface area (Å²) in [5, 5.41) is 0. The van der Waals surface area contributed by atoms with Gasteiger partial charge in [0.25, 0.3) is 0 Å². The molecule has 0 atom stereocenters. The third kappa shape index (κ3) is 20.5. The molecule has 0 fully saturated rings. The van der Waals surface area contributed by atoms with Crippen molar-refractivity contribution in [3.8, 4) is 0 Å². The maximum absolute atomic E-state index is 8.34. The Labute approximate surface area is 191 Å². The lowest BCUT2D eigenvalue weighted by Gasteiger charge is -2.27. The lowest BCUT2D eigenvalue weighted by atomic mass is 10.5. The van der Waals surface area contributed by atoms with Crippen LogP contribution in [0.1, 0.15) is 27.2 Å². The van der Waals surface area contributed by atoms with Crippen molar-refractivity contribution >= 4 is 26.4 Å². The highest BCUT2D eigenvalue weighted by Crippen LogP contribution is 2.14. The third-order valence-electron chi connectivity index (χ3n) is 3.64. The standard InChI is InChI=1S/C8H21NO3Si.C5H15NO3Si.C3H11NO3Si/c1-4-10-13(8-7-9,11-5-2)12-6-3;1-7-10(8-2,9-3)5-4-6;4-2-1-3-8(5,6)7/h4-9H2,1-3H3;4-6H2,1-3H3;5-7H,1-4H2. The Bertz CT molecular complexity index is 342. The van der Waals surface area contributed by atoms with Gasteiger partial charge in [-0.05, 0) is 46.8 Å². The van der Waals surface area contributed by atoms with E-state index in [0.717, 1.165) is 0 Å². The van der Waals surface area contributed by atoms with Crippen LogP contribution in [0, 0.1) is 0 Å². The van der Waals surface area contributed by atoms with Gasteiger partial charge in [-0.25, -0.2) is 0 Å². The second-order valence-corrected chi connectivity index (χ2v) is 13.9. The van der Waals surface area contributed by atoms with Gasteiger partial charge in [0.15, 0.2) is 0 Å². The van der Waals surface area contributed by atoms with Crippen molar-refractivity contribution in [2.75, 3.05) is 60.8 Å². The van der Waals surface area contributed by atoms with E-state index < -0.39 is 26.4 Å². The summed E-state index contributed by atoms with van der Waals surface area (Å²) in [5.41, 5.74) is 15.9. The molecule has 0 aliphatic carbocycles. The van der Waals surface area contributed by atoms with Crippen LogP contribution < -0.4 is 17.2 Å². The fraction of sp³-hybridized carbons (Fsp3) is 1.00. The smallest absolute Gasteiger partial charge is 0.390 e. The second-order valence-electron chi connectivity index (χ2n) is 6.02. The Balaban J connectivity index is -0.000000392. The quantitative estimate of drug-likeness (QED) is 0.140. The van der Waals surface area contributed by atoms with Gasteiger partial charge in [-0.15, -0.1) is 0 Å². The summed E-state index contributed by atoms with van der Waals surface area (Å²) in [6, 6.07) is 1.41. The molecule has 192 valence electrons. The van der Waals surface area contributed by atoms with Crippen LogP contribution in [0.2, 0.25) is 18.1 Å². The van der Waals surface area contributed by atoms with E-state index in [2.05, 4.69) is 0 Å². The summed E-state index contributed by atoms with van der Waals surface area (Å²) in [7, 11) is -3.79. The predicted octanol–water partition coefficient (Wildman–Crippen LogP) is -0.932. The lowest BCUT2D eigenvalue weighted by molar-refractivity contribution is 0.0719. The first-order chi connectivity index (χ1) is 14.5. The second kappa shape index (κ2) is 22.0. The minimum absolute atomic E-state index is 0.0451. The molecule has 0 saturated heterocycles. The van der Waals surface area contributed by atoms with E-state index in [4.69, 9.17) is 58.1 Å². The van der Waals surface area contributed by atoms with E-state index in [1.165, 1.54) is 0 Å². The van der Waals surface area contributed by atoms with Gasteiger partial charge in [0.05, 0.1) is 0 Å². The molecule has 0 radical (unpaired) electrons. The topological polar surface area (TPSA) is 194 Å². The van der Waals surface area contributed by atoms with Gasteiger partial charge in [-0.3, -0.25) is 0 Å². The fourth-order valence-corrected chi connectivity index (χ4v) is 6.75. The van der Waals surface area contributed by atoms with Gasteiger partial charge in [-0.2, -0.15) is 0 Å². The maximum atomic E-state index is 8.34. The number of hydrogen-bond donors (Lipinski definition) is 6. The van der Waals surface area contributed by atoms with Gasteiger partial charge in [0.1, 0.15) is 0 Å². The monoisotopic (exact) mass is 509 g/mol. The zero-order chi connectivity index (χ0) is 24.8. The van der Waals surface area contributed by atoms with Crippen LogP contribution in [0.25, 0.3) is 0 Å². The van der Waals surface area contributed by atoms with E-state index in [9.17, 15) is 0 Å². The van der Waals surface area contributed by atoms with Crippen LogP contribution in [0.15, 0.2) is 0 Å². The molecule has 0 aromatic carbocycles. The average molecular weight is 510 g/mol. The van der Waals surface area contributed by atoms with Crippen molar-refractivity contribution in [3.63, 3.8) is 0 Å². The molecule has 15 heteroatoms. The normalized spacial score (nSPS) is 12.0. The van der Waals surface area contributed by atoms with Crippen LogP contribution in [0.4, 0.5) is 0 Å². The summed E-state index contributed by atoms with van der Waals surface area (Å²) in [4.78, 5) is 25.0. The highest BCUT2D eigenvalue weighted by atomic mass is 28.4. The summed E-state index contributed by atoms with van der Waals surface area (Å²) in [6.45, 7) is 9.14. The zero-order valence-electron chi connectivity index (χ0n) is 20.1. The molecule has 9 N–H and O–H groups in total. The summed E-state index contributed by atoms with van der Waals surface area (Å²) in [5.74, 6) is 0. The average Bonchev–Trinajstić information content (AvgIpc) is 2.72. The first-order valence-corrected chi connectivity index (χ1v) is 16.3. The molecular weight excluding hydrogens is 462 g/mol. The van der Waals surface area contributed by atoms with E-state index in [-0.39, 0.29) is 6.04 Å². The van der Waals surface area contributed by atoms with E-state index >= 15 is 0 Å². The molecule has 0 spiro atoms. The summed E-state index contributed by atoms with van der Waals surface area (Å²) in [6.07, 6.45) is 0.468. The van der Waals surface area contributed by atoms with Crippen LogP contribution >= 0.6 is 0 Å². The Kier molecular flexibility index (Phi) is 25.4. The Morgan fingerprint density at radius 2 is 0.935 bits per heavy atom.